The molecule has 1 atom stereocenters. The number of nitrogens with two attached hydrogens (primary N) is 1. The zero-order valence-corrected chi connectivity index (χ0v) is 29.1. The maximum atomic E-state index is 13.4. The first kappa shape index (κ1) is 33.5. The minimum absolute atomic E-state index is 0.0890. The zero-order chi connectivity index (χ0) is 35.8. The minimum atomic E-state index is -0.978. The Hall–Kier alpha value is -5.60. The molecule has 13 nitrogen and oxygen atoms in total. The van der Waals surface area contributed by atoms with Gasteiger partial charge in [-0.1, -0.05) is 24.3 Å². The van der Waals surface area contributed by atoms with Crippen LogP contribution in [0.15, 0.2) is 84.0 Å². The van der Waals surface area contributed by atoms with Gasteiger partial charge in [0, 0.05) is 30.0 Å². The second-order valence-electron chi connectivity index (χ2n) is 13.1. The molecule has 3 aliphatic heterocycles. The van der Waals surface area contributed by atoms with Crippen molar-refractivity contribution in [1.29, 1.82) is 0 Å². The number of ether oxygens (including phenoxy) is 1. The average Bonchev–Trinajstić information content (AvgIpc) is 3.67. The first-order valence-corrected chi connectivity index (χ1v) is 18.4. The lowest BCUT2D eigenvalue weighted by Gasteiger charge is -2.32. The standard InChI is InChI=1S/C38H36N8O5S/c39-34-32-33(23-10-12-26(13-11-23)51-25-6-2-1-3-7-25)43-46(35(32)41-22-40-34)24-16-19-44(20-17-24)18-5-21-52-29-9-4-8-27-31(29)38(50)45(37(27)49)28-14-15-30(47)42-36(28)48/h1-4,6-13,22,24,28H,5,14-21H2,(H2,39,40,41)(H,42,47,48). The fourth-order valence-electron chi connectivity index (χ4n) is 7.22. The summed E-state index contributed by atoms with van der Waals surface area (Å²) in [6, 6.07) is 21.8. The molecule has 0 radical (unpaired) electrons. The number of hydrogen-bond donors (Lipinski definition) is 2. The highest BCUT2D eigenvalue weighted by atomic mass is 32.2. The smallest absolute Gasteiger partial charge is 0.263 e. The molecule has 2 aromatic heterocycles. The van der Waals surface area contributed by atoms with Gasteiger partial charge in [0.25, 0.3) is 11.8 Å². The quantitative estimate of drug-likeness (QED) is 0.112. The van der Waals surface area contributed by atoms with Crippen LogP contribution in [0, 0.1) is 0 Å². The van der Waals surface area contributed by atoms with Crippen molar-refractivity contribution in [3.05, 3.63) is 90.3 Å². The maximum Gasteiger partial charge on any atom is 0.263 e. The number of carbonyl (C=O) groups excluding carboxylic acids is 4. The summed E-state index contributed by atoms with van der Waals surface area (Å²) in [7, 11) is 0. The summed E-state index contributed by atoms with van der Waals surface area (Å²) < 4.78 is 7.99. The molecule has 0 aliphatic carbocycles. The molecule has 3 N–H and O–H groups in total. The summed E-state index contributed by atoms with van der Waals surface area (Å²) in [5.74, 6) is 0.673. The fourth-order valence-corrected chi connectivity index (χ4v) is 8.23. The summed E-state index contributed by atoms with van der Waals surface area (Å²) in [5.41, 5.74) is 9.41. The number of benzene rings is 3. The van der Waals surface area contributed by atoms with Crippen LogP contribution in [0.2, 0.25) is 0 Å². The Morgan fingerprint density at radius 3 is 2.40 bits per heavy atom. The van der Waals surface area contributed by atoms with E-state index >= 15 is 0 Å². The van der Waals surface area contributed by atoms with Gasteiger partial charge in [0.15, 0.2) is 5.65 Å². The zero-order valence-electron chi connectivity index (χ0n) is 28.2. The van der Waals surface area contributed by atoms with Gasteiger partial charge in [-0.25, -0.2) is 14.6 Å². The highest BCUT2D eigenvalue weighted by Gasteiger charge is 2.45. The van der Waals surface area contributed by atoms with Crippen LogP contribution in [-0.4, -0.2) is 84.6 Å². The van der Waals surface area contributed by atoms with Crippen LogP contribution in [0.5, 0.6) is 11.5 Å². The van der Waals surface area contributed by atoms with Crippen molar-refractivity contribution in [2.75, 3.05) is 31.1 Å². The summed E-state index contributed by atoms with van der Waals surface area (Å²) >= 11 is 1.54. The molecule has 2 fully saturated rings. The van der Waals surface area contributed by atoms with Gasteiger partial charge >= 0.3 is 0 Å². The normalized spacial score (nSPS) is 18.2. The number of nitrogens with one attached hydrogen (secondary N) is 1. The number of hydrogen-bond acceptors (Lipinski definition) is 11. The van der Waals surface area contributed by atoms with E-state index in [4.69, 9.17) is 15.6 Å². The Bertz CT molecular complexity index is 2180. The Kier molecular flexibility index (Phi) is 9.16. The molecule has 8 rings (SSSR count). The number of para-hydroxylation sites is 1. The Morgan fingerprint density at radius 1 is 0.865 bits per heavy atom. The molecule has 14 heteroatoms. The first-order valence-electron chi connectivity index (χ1n) is 17.4. The van der Waals surface area contributed by atoms with E-state index in [-0.39, 0.29) is 18.9 Å². The first-order chi connectivity index (χ1) is 25.4. The number of amides is 4. The molecule has 4 amide bonds. The fraction of sp³-hybridized carbons (Fsp3) is 0.289. The third-order valence-corrected chi connectivity index (χ3v) is 11.0. The van der Waals surface area contributed by atoms with Gasteiger partial charge < -0.3 is 15.4 Å². The van der Waals surface area contributed by atoms with E-state index in [9.17, 15) is 19.2 Å². The van der Waals surface area contributed by atoms with Gasteiger partial charge in [0.1, 0.15) is 35.4 Å². The van der Waals surface area contributed by atoms with E-state index in [1.54, 1.807) is 23.9 Å². The molecule has 2 saturated heterocycles. The SMILES string of the molecule is Nc1ncnc2c1c(-c1ccc(Oc3ccccc3)cc1)nn2C1CCN(CCCSc2cccc3c2C(=O)N(C2CCC(=O)NC2=O)C3=O)CC1. The van der Waals surface area contributed by atoms with Gasteiger partial charge in [0.2, 0.25) is 11.8 Å². The van der Waals surface area contributed by atoms with E-state index < -0.39 is 29.7 Å². The highest BCUT2D eigenvalue weighted by Crippen LogP contribution is 2.37. The molecule has 1 unspecified atom stereocenters. The summed E-state index contributed by atoms with van der Waals surface area (Å²) in [6.45, 7) is 2.68. The number of anilines is 1. The van der Waals surface area contributed by atoms with E-state index in [0.717, 1.165) is 88.2 Å². The number of aromatic nitrogens is 4. The molecule has 0 spiro atoms. The monoisotopic (exact) mass is 716 g/mol. The van der Waals surface area contributed by atoms with Crippen LogP contribution in [0.3, 0.4) is 0 Å². The van der Waals surface area contributed by atoms with Crippen molar-refractivity contribution in [2.45, 2.75) is 49.1 Å². The number of rotatable bonds is 10. The average molecular weight is 717 g/mol. The molecule has 3 aromatic carbocycles. The van der Waals surface area contributed by atoms with Gasteiger partial charge in [-0.15, -0.1) is 11.8 Å². The lowest BCUT2D eigenvalue weighted by molar-refractivity contribution is -0.136. The molecular weight excluding hydrogens is 681 g/mol. The number of fused-ring (bicyclic) bond motifs is 2. The van der Waals surface area contributed by atoms with Gasteiger partial charge in [-0.2, -0.15) is 5.10 Å². The van der Waals surface area contributed by atoms with Gasteiger partial charge in [0.05, 0.1) is 22.6 Å². The maximum absolute atomic E-state index is 13.4. The van der Waals surface area contributed by atoms with E-state index in [1.807, 2.05) is 65.3 Å². The van der Waals surface area contributed by atoms with Crippen LogP contribution in [0.25, 0.3) is 22.3 Å². The number of nitrogen functional groups attached to an aromatic ring is 1. The third-order valence-electron chi connectivity index (χ3n) is 9.83. The van der Waals surface area contributed by atoms with E-state index in [1.165, 1.54) is 6.33 Å². The van der Waals surface area contributed by atoms with Crippen molar-refractivity contribution < 1.29 is 23.9 Å². The lowest BCUT2D eigenvalue weighted by atomic mass is 10.0. The van der Waals surface area contributed by atoms with Crippen LogP contribution < -0.4 is 15.8 Å². The van der Waals surface area contributed by atoms with Crippen molar-refractivity contribution in [3.8, 4) is 22.8 Å². The van der Waals surface area contributed by atoms with Gasteiger partial charge in [-0.3, -0.25) is 29.4 Å². The van der Waals surface area contributed by atoms with Crippen molar-refractivity contribution in [3.63, 3.8) is 0 Å². The summed E-state index contributed by atoms with van der Waals surface area (Å²) in [6.07, 6.45) is 4.40. The molecule has 0 bridgehead atoms. The predicted molar refractivity (Wildman–Crippen MR) is 195 cm³/mol. The van der Waals surface area contributed by atoms with Gasteiger partial charge in [-0.05, 0) is 86.5 Å². The lowest BCUT2D eigenvalue weighted by Crippen LogP contribution is -2.54. The van der Waals surface area contributed by atoms with Crippen LogP contribution in [0.4, 0.5) is 5.82 Å². The van der Waals surface area contributed by atoms with Crippen molar-refractivity contribution in [1.82, 2.24) is 34.9 Å². The molecule has 5 aromatic rings. The number of imide groups is 2. The Balaban J connectivity index is 0.882. The topological polar surface area (TPSA) is 166 Å². The Morgan fingerprint density at radius 2 is 1.63 bits per heavy atom. The number of nitrogens with zero attached hydrogens (tertiary/aromatic N) is 6. The van der Waals surface area contributed by atoms with Crippen LogP contribution in [0.1, 0.15) is 58.9 Å². The number of thioether (sulfide) groups is 1. The largest absolute Gasteiger partial charge is 0.457 e. The molecule has 0 saturated carbocycles. The van der Waals surface area contributed by atoms with E-state index in [0.29, 0.717) is 16.9 Å². The third kappa shape index (κ3) is 6.39. The predicted octanol–water partition coefficient (Wildman–Crippen LogP) is 5.09. The molecule has 5 heterocycles. The van der Waals surface area contributed by atoms with Crippen LogP contribution in [-0.2, 0) is 9.59 Å². The molecule has 3 aliphatic rings. The minimum Gasteiger partial charge on any atom is -0.457 e. The molecule has 52 heavy (non-hydrogen) atoms. The number of carbonyl (C=O) groups is 4. The van der Waals surface area contributed by atoms with Crippen molar-refractivity contribution >= 4 is 52.2 Å². The molecule has 264 valence electrons. The van der Waals surface area contributed by atoms with E-state index in [2.05, 4.69) is 20.2 Å². The number of piperidine rings is 2. The van der Waals surface area contributed by atoms with Crippen molar-refractivity contribution in [2.24, 2.45) is 0 Å². The number of likely N-dealkylation sites (tertiary alicyclic amines) is 1. The summed E-state index contributed by atoms with van der Waals surface area (Å²) in [4.78, 5) is 63.8. The Labute approximate surface area is 303 Å². The second kappa shape index (κ2) is 14.2. The summed E-state index contributed by atoms with van der Waals surface area (Å²) in [5, 5.41) is 8.04. The van der Waals surface area contributed by atoms with Crippen LogP contribution >= 0.6 is 11.8 Å². The molecular formula is C38H36N8O5S. The second-order valence-corrected chi connectivity index (χ2v) is 14.2. The highest BCUT2D eigenvalue weighted by molar-refractivity contribution is 7.99.